The fourth-order valence-corrected chi connectivity index (χ4v) is 1.64. The predicted molar refractivity (Wildman–Crippen MR) is 49.6 cm³/mol. The second kappa shape index (κ2) is 3.36. The maximum atomic E-state index is 10.7. The van der Waals surface area contributed by atoms with E-state index >= 15 is 0 Å². The van der Waals surface area contributed by atoms with Gasteiger partial charge in [-0.15, -0.1) is 0 Å². The van der Waals surface area contributed by atoms with Crippen LogP contribution in [-0.4, -0.2) is 10.1 Å². The molecule has 0 saturated carbocycles. The molecule has 0 aliphatic carbocycles. The zero-order chi connectivity index (χ0) is 10.1. The second-order valence-electron chi connectivity index (χ2n) is 4.43. The third-order valence-corrected chi connectivity index (χ3v) is 2.00. The lowest BCUT2D eigenvalue weighted by Gasteiger charge is -2.22. The predicted octanol–water partition coefficient (Wildman–Crippen LogP) is 1.69. The Balaban J connectivity index is 2.86. The van der Waals surface area contributed by atoms with Crippen LogP contribution < -0.4 is 5.76 Å². The van der Waals surface area contributed by atoms with E-state index in [-0.39, 0.29) is 5.41 Å². The highest BCUT2D eigenvalue weighted by Gasteiger charge is 2.26. The Morgan fingerprint density at radius 2 is 2.15 bits per heavy atom. The number of nitrogens with zero attached hydrogens (tertiary/aromatic N) is 1. The van der Waals surface area contributed by atoms with Gasteiger partial charge in [-0.25, -0.2) is 4.79 Å². The van der Waals surface area contributed by atoms with Crippen LogP contribution in [0.25, 0.3) is 0 Å². The Labute approximate surface area is 77.3 Å². The summed E-state index contributed by atoms with van der Waals surface area (Å²) in [5, 5.41) is 3.70. The first kappa shape index (κ1) is 10.0. The summed E-state index contributed by atoms with van der Waals surface area (Å²) < 4.78 is 4.47. The lowest BCUT2D eigenvalue weighted by atomic mass is 9.83. The minimum Gasteiger partial charge on any atom is -0.296 e. The molecule has 0 atom stereocenters. The fourth-order valence-electron chi connectivity index (χ4n) is 1.64. The van der Waals surface area contributed by atoms with Crippen LogP contribution in [-0.2, 0) is 5.41 Å². The van der Waals surface area contributed by atoms with E-state index in [9.17, 15) is 4.79 Å². The first-order valence-electron chi connectivity index (χ1n) is 4.48. The monoisotopic (exact) mass is 184 g/mol. The summed E-state index contributed by atoms with van der Waals surface area (Å²) in [6.45, 7) is 8.36. The molecule has 0 amide bonds. The van der Waals surface area contributed by atoms with E-state index in [4.69, 9.17) is 0 Å². The highest BCUT2D eigenvalue weighted by atomic mass is 16.5. The van der Waals surface area contributed by atoms with Crippen LogP contribution in [0.4, 0.5) is 0 Å². The van der Waals surface area contributed by atoms with Crippen LogP contribution in [0.1, 0.15) is 39.9 Å². The van der Waals surface area contributed by atoms with Gasteiger partial charge >= 0.3 is 5.76 Å². The number of rotatable bonds is 3. The number of H-pyrrole nitrogens is 1. The topological polar surface area (TPSA) is 58.9 Å². The molecule has 0 aromatic carbocycles. The molecule has 1 N–H and O–H groups in total. The lowest BCUT2D eigenvalue weighted by Crippen LogP contribution is -2.22. The summed E-state index contributed by atoms with van der Waals surface area (Å²) >= 11 is 0. The average Bonchev–Trinajstić information content (AvgIpc) is 2.32. The number of aromatic amines is 1. The molecule has 0 bridgehead atoms. The van der Waals surface area contributed by atoms with Gasteiger partial charge < -0.3 is 0 Å². The van der Waals surface area contributed by atoms with E-state index in [2.05, 4.69) is 28.5 Å². The molecule has 1 aromatic rings. The van der Waals surface area contributed by atoms with Gasteiger partial charge in [0.1, 0.15) is 0 Å². The molecule has 0 radical (unpaired) electrons. The van der Waals surface area contributed by atoms with Crippen LogP contribution in [0.3, 0.4) is 0 Å². The molecule has 0 unspecified atom stereocenters. The maximum Gasteiger partial charge on any atom is 0.438 e. The van der Waals surface area contributed by atoms with E-state index in [0.717, 1.165) is 6.42 Å². The third-order valence-electron chi connectivity index (χ3n) is 2.00. The lowest BCUT2D eigenvalue weighted by molar-refractivity contribution is 0.339. The number of hydrogen-bond acceptors (Lipinski definition) is 3. The first-order chi connectivity index (χ1) is 5.92. The van der Waals surface area contributed by atoms with Crippen LogP contribution in [0.2, 0.25) is 0 Å². The molecule has 1 heterocycles. The van der Waals surface area contributed by atoms with Crippen molar-refractivity contribution < 1.29 is 4.52 Å². The molecular weight excluding hydrogens is 168 g/mol. The van der Waals surface area contributed by atoms with Gasteiger partial charge in [0, 0.05) is 5.41 Å². The zero-order valence-corrected chi connectivity index (χ0v) is 8.55. The zero-order valence-electron chi connectivity index (χ0n) is 8.55. The first-order valence-corrected chi connectivity index (χ1v) is 4.48. The molecule has 74 valence electrons. The van der Waals surface area contributed by atoms with Crippen LogP contribution in [0.15, 0.2) is 9.32 Å². The van der Waals surface area contributed by atoms with Crippen molar-refractivity contribution in [2.24, 2.45) is 5.92 Å². The standard InChI is InChI=1S/C9H16N2O2/c1-6(2)5-9(3,4)7-10-8(12)13-11-7/h6H,5H2,1-4H3,(H,10,11,12). The van der Waals surface area contributed by atoms with Gasteiger partial charge in [0.05, 0.1) is 0 Å². The van der Waals surface area contributed by atoms with Crippen molar-refractivity contribution in [2.45, 2.75) is 39.5 Å². The van der Waals surface area contributed by atoms with Crippen molar-refractivity contribution in [1.29, 1.82) is 0 Å². The minimum absolute atomic E-state index is 0.125. The summed E-state index contributed by atoms with van der Waals surface area (Å²) in [5.41, 5.74) is -0.125. The van der Waals surface area contributed by atoms with Gasteiger partial charge in [-0.2, -0.15) is 0 Å². The molecule has 0 aliphatic heterocycles. The average molecular weight is 184 g/mol. The Morgan fingerprint density at radius 1 is 1.54 bits per heavy atom. The molecular formula is C9H16N2O2. The van der Waals surface area contributed by atoms with Crippen molar-refractivity contribution in [3.05, 3.63) is 16.4 Å². The SMILES string of the molecule is CC(C)CC(C)(C)c1noc(=O)[nH]1. The van der Waals surface area contributed by atoms with Gasteiger partial charge in [0.15, 0.2) is 5.82 Å². The molecule has 1 rings (SSSR count). The Bertz CT molecular complexity index is 322. The summed E-state index contributed by atoms with van der Waals surface area (Å²) in [7, 11) is 0. The quantitative estimate of drug-likeness (QED) is 0.777. The van der Waals surface area contributed by atoms with Crippen molar-refractivity contribution >= 4 is 0 Å². The Morgan fingerprint density at radius 3 is 2.54 bits per heavy atom. The van der Waals surface area contributed by atoms with E-state index in [1.807, 2.05) is 13.8 Å². The molecule has 1 aromatic heterocycles. The van der Waals surface area contributed by atoms with Crippen molar-refractivity contribution in [1.82, 2.24) is 10.1 Å². The fraction of sp³-hybridized carbons (Fsp3) is 0.778. The van der Waals surface area contributed by atoms with Gasteiger partial charge in [0.25, 0.3) is 0 Å². The summed E-state index contributed by atoms with van der Waals surface area (Å²) in [6, 6.07) is 0. The van der Waals surface area contributed by atoms with Crippen molar-refractivity contribution in [2.75, 3.05) is 0 Å². The number of hydrogen-bond donors (Lipinski definition) is 1. The molecule has 0 spiro atoms. The minimum atomic E-state index is -0.480. The van der Waals surface area contributed by atoms with E-state index in [1.165, 1.54) is 0 Å². The highest BCUT2D eigenvalue weighted by Crippen LogP contribution is 2.26. The highest BCUT2D eigenvalue weighted by molar-refractivity contribution is 5.00. The molecule has 4 heteroatoms. The molecule has 0 fully saturated rings. The van der Waals surface area contributed by atoms with Crippen LogP contribution in [0, 0.1) is 5.92 Å². The normalized spacial score (nSPS) is 12.4. The largest absolute Gasteiger partial charge is 0.438 e. The number of nitrogens with one attached hydrogen (secondary N) is 1. The molecule has 0 saturated heterocycles. The maximum absolute atomic E-state index is 10.7. The van der Waals surface area contributed by atoms with Crippen molar-refractivity contribution in [3.8, 4) is 0 Å². The Hall–Kier alpha value is -1.06. The molecule has 13 heavy (non-hydrogen) atoms. The van der Waals surface area contributed by atoms with E-state index in [1.54, 1.807) is 0 Å². The van der Waals surface area contributed by atoms with Crippen molar-refractivity contribution in [3.63, 3.8) is 0 Å². The summed E-state index contributed by atoms with van der Waals surface area (Å²) in [4.78, 5) is 13.3. The second-order valence-corrected chi connectivity index (χ2v) is 4.43. The third kappa shape index (κ3) is 2.44. The van der Waals surface area contributed by atoms with E-state index < -0.39 is 5.76 Å². The molecule has 0 aliphatic rings. The summed E-state index contributed by atoms with van der Waals surface area (Å²) in [5.74, 6) is 0.716. The smallest absolute Gasteiger partial charge is 0.296 e. The Kier molecular flexibility index (Phi) is 2.59. The van der Waals surface area contributed by atoms with Gasteiger partial charge in [-0.1, -0.05) is 32.9 Å². The van der Waals surface area contributed by atoms with Crippen LogP contribution >= 0.6 is 0 Å². The van der Waals surface area contributed by atoms with E-state index in [0.29, 0.717) is 11.7 Å². The van der Waals surface area contributed by atoms with Crippen LogP contribution in [0.5, 0.6) is 0 Å². The van der Waals surface area contributed by atoms with Gasteiger partial charge in [-0.05, 0) is 12.3 Å². The van der Waals surface area contributed by atoms with Gasteiger partial charge in [-0.3, -0.25) is 9.51 Å². The van der Waals surface area contributed by atoms with Gasteiger partial charge in [0.2, 0.25) is 0 Å². The molecule has 4 nitrogen and oxygen atoms in total. The summed E-state index contributed by atoms with van der Waals surface area (Å²) in [6.07, 6.45) is 0.968. The number of aromatic nitrogens is 2.